The summed E-state index contributed by atoms with van der Waals surface area (Å²) in [6.45, 7) is 1.94. The van der Waals surface area contributed by atoms with Crippen molar-refractivity contribution in [2.75, 3.05) is 0 Å². The van der Waals surface area contributed by atoms with Crippen LogP contribution in [0.5, 0.6) is 0 Å². The van der Waals surface area contributed by atoms with Crippen LogP contribution < -0.4 is 0 Å². The minimum absolute atomic E-state index is 0.0519. The molecule has 2 aliphatic rings. The van der Waals surface area contributed by atoms with Gasteiger partial charge in [-0.05, 0) is 74.1 Å². The van der Waals surface area contributed by atoms with Gasteiger partial charge in [0.25, 0.3) is 11.7 Å². The highest BCUT2D eigenvalue weighted by molar-refractivity contribution is 6.46. The van der Waals surface area contributed by atoms with Gasteiger partial charge in [-0.25, -0.2) is 0 Å². The van der Waals surface area contributed by atoms with Crippen LogP contribution in [0.4, 0.5) is 0 Å². The summed E-state index contributed by atoms with van der Waals surface area (Å²) in [5, 5.41) is 11.3. The Bertz CT molecular complexity index is 1230. The van der Waals surface area contributed by atoms with Crippen LogP contribution in [0.3, 0.4) is 0 Å². The highest BCUT2D eigenvalue weighted by Crippen LogP contribution is 2.41. The minimum Gasteiger partial charge on any atom is -0.507 e. The number of rotatable bonds is 4. The highest BCUT2D eigenvalue weighted by atomic mass is 16.3. The normalized spacial score (nSPS) is 19.9. The molecule has 1 N–H and O–H groups in total. The molecule has 0 spiro atoms. The Morgan fingerprint density at radius 2 is 1.91 bits per heavy atom. The SMILES string of the molecule is Cc1ccc(C2/C(=C(/O)c3ccc4c(c3)CCCC4)C(=O)C(=O)N2Cc2ccccn2)o1. The lowest BCUT2D eigenvalue weighted by Crippen LogP contribution is -2.29. The van der Waals surface area contributed by atoms with Crippen LogP contribution in [0.15, 0.2) is 64.7 Å². The molecule has 6 nitrogen and oxygen atoms in total. The maximum absolute atomic E-state index is 13.1. The van der Waals surface area contributed by atoms with Crippen molar-refractivity contribution < 1.29 is 19.1 Å². The number of aromatic nitrogens is 1. The first kappa shape index (κ1) is 20.2. The molecular formula is C26H24N2O4. The van der Waals surface area contributed by atoms with Gasteiger partial charge < -0.3 is 14.4 Å². The number of nitrogens with zero attached hydrogens (tertiary/aromatic N) is 2. The van der Waals surface area contributed by atoms with E-state index in [0.717, 1.165) is 25.7 Å². The van der Waals surface area contributed by atoms with E-state index in [-0.39, 0.29) is 17.9 Å². The van der Waals surface area contributed by atoms with Crippen LogP contribution in [0.1, 0.15) is 52.8 Å². The molecule has 162 valence electrons. The van der Waals surface area contributed by atoms with Crippen molar-refractivity contribution in [3.63, 3.8) is 0 Å². The molecule has 3 aromatic rings. The molecule has 1 fully saturated rings. The number of fused-ring (bicyclic) bond motifs is 1. The van der Waals surface area contributed by atoms with E-state index in [9.17, 15) is 14.7 Å². The van der Waals surface area contributed by atoms with Crippen molar-refractivity contribution in [2.24, 2.45) is 0 Å². The number of pyridine rings is 1. The van der Waals surface area contributed by atoms with Gasteiger partial charge in [0.1, 0.15) is 23.3 Å². The molecule has 0 bridgehead atoms. The van der Waals surface area contributed by atoms with Gasteiger partial charge in [-0.1, -0.05) is 18.2 Å². The fourth-order valence-electron chi connectivity index (χ4n) is 4.64. The van der Waals surface area contributed by atoms with Crippen LogP contribution in [-0.4, -0.2) is 26.7 Å². The number of aliphatic hydroxyl groups excluding tert-OH is 1. The molecule has 1 aliphatic heterocycles. The van der Waals surface area contributed by atoms with E-state index in [0.29, 0.717) is 22.8 Å². The Balaban J connectivity index is 1.62. The molecule has 0 radical (unpaired) electrons. The van der Waals surface area contributed by atoms with E-state index >= 15 is 0 Å². The standard InChI is InChI=1S/C26H24N2O4/c1-16-9-12-21(32-16)23-22(24(29)19-11-10-17-6-2-3-7-18(17)14-19)25(30)26(31)28(23)15-20-8-4-5-13-27-20/h4-5,8-14,23,29H,2-3,6-7,15H2,1H3/b24-22-. The number of ketones is 1. The lowest BCUT2D eigenvalue weighted by atomic mass is 9.89. The molecule has 1 aliphatic carbocycles. The van der Waals surface area contributed by atoms with E-state index in [1.165, 1.54) is 16.0 Å². The third kappa shape index (κ3) is 3.51. The number of furan rings is 1. The molecule has 5 rings (SSSR count). The molecule has 1 saturated heterocycles. The molecular weight excluding hydrogens is 404 g/mol. The summed E-state index contributed by atoms with van der Waals surface area (Å²) in [5.74, 6) is -0.446. The quantitative estimate of drug-likeness (QED) is 0.376. The first-order valence-corrected chi connectivity index (χ1v) is 10.9. The number of aryl methyl sites for hydroxylation is 3. The van der Waals surface area contributed by atoms with Crippen LogP contribution in [0, 0.1) is 6.92 Å². The molecule has 0 saturated carbocycles. The van der Waals surface area contributed by atoms with Gasteiger partial charge in [-0.2, -0.15) is 0 Å². The first-order chi connectivity index (χ1) is 15.5. The Morgan fingerprint density at radius 3 is 2.62 bits per heavy atom. The van der Waals surface area contributed by atoms with Gasteiger partial charge >= 0.3 is 0 Å². The van der Waals surface area contributed by atoms with Crippen molar-refractivity contribution >= 4 is 17.4 Å². The number of benzene rings is 1. The molecule has 2 aromatic heterocycles. The number of aliphatic hydroxyl groups is 1. The smallest absolute Gasteiger partial charge is 0.296 e. The Morgan fingerprint density at radius 1 is 1.09 bits per heavy atom. The summed E-state index contributed by atoms with van der Waals surface area (Å²) in [6, 6.07) is 13.9. The number of carbonyl (C=O) groups is 2. The van der Waals surface area contributed by atoms with Crippen molar-refractivity contribution in [1.82, 2.24) is 9.88 Å². The Kier molecular flexibility index (Phi) is 5.13. The van der Waals surface area contributed by atoms with Gasteiger partial charge in [-0.15, -0.1) is 0 Å². The Hall–Kier alpha value is -3.67. The summed E-state index contributed by atoms with van der Waals surface area (Å²) < 4.78 is 5.83. The van der Waals surface area contributed by atoms with Crippen LogP contribution in [0.25, 0.3) is 5.76 Å². The van der Waals surface area contributed by atoms with Crippen molar-refractivity contribution in [3.8, 4) is 0 Å². The summed E-state index contributed by atoms with van der Waals surface area (Å²) in [7, 11) is 0. The molecule has 1 amide bonds. The average Bonchev–Trinajstić information content (AvgIpc) is 3.35. The largest absolute Gasteiger partial charge is 0.507 e. The number of amides is 1. The van der Waals surface area contributed by atoms with Crippen LogP contribution in [0.2, 0.25) is 0 Å². The van der Waals surface area contributed by atoms with Gasteiger partial charge in [0, 0.05) is 11.8 Å². The predicted molar refractivity (Wildman–Crippen MR) is 119 cm³/mol. The van der Waals surface area contributed by atoms with E-state index in [1.54, 1.807) is 37.4 Å². The van der Waals surface area contributed by atoms with Gasteiger partial charge in [-0.3, -0.25) is 14.6 Å². The van der Waals surface area contributed by atoms with Gasteiger partial charge in [0.15, 0.2) is 0 Å². The maximum atomic E-state index is 13.1. The monoisotopic (exact) mass is 428 g/mol. The number of carbonyl (C=O) groups excluding carboxylic acids is 2. The first-order valence-electron chi connectivity index (χ1n) is 10.9. The fraction of sp³-hybridized carbons (Fsp3) is 0.269. The summed E-state index contributed by atoms with van der Waals surface area (Å²) in [6.07, 6.45) is 5.89. The molecule has 3 heterocycles. The molecule has 32 heavy (non-hydrogen) atoms. The zero-order valence-electron chi connectivity index (χ0n) is 17.9. The second-order valence-electron chi connectivity index (χ2n) is 8.39. The second-order valence-corrected chi connectivity index (χ2v) is 8.39. The average molecular weight is 428 g/mol. The summed E-state index contributed by atoms with van der Waals surface area (Å²) in [5.41, 5.74) is 3.72. The van der Waals surface area contributed by atoms with Crippen molar-refractivity contribution in [2.45, 2.75) is 45.2 Å². The highest BCUT2D eigenvalue weighted by Gasteiger charge is 2.47. The fourth-order valence-corrected chi connectivity index (χ4v) is 4.64. The van der Waals surface area contributed by atoms with Crippen LogP contribution >= 0.6 is 0 Å². The zero-order valence-corrected chi connectivity index (χ0v) is 17.9. The van der Waals surface area contributed by atoms with Crippen molar-refractivity contribution in [3.05, 3.63) is 94.2 Å². The van der Waals surface area contributed by atoms with Crippen LogP contribution in [-0.2, 0) is 29.0 Å². The third-order valence-corrected chi connectivity index (χ3v) is 6.25. The molecule has 1 aromatic carbocycles. The zero-order chi connectivity index (χ0) is 22.2. The van der Waals surface area contributed by atoms with E-state index in [2.05, 4.69) is 4.98 Å². The second kappa shape index (κ2) is 8.11. The number of hydrogen-bond donors (Lipinski definition) is 1. The number of likely N-dealkylation sites (tertiary alicyclic amines) is 1. The third-order valence-electron chi connectivity index (χ3n) is 6.25. The van der Waals surface area contributed by atoms with E-state index in [4.69, 9.17) is 4.42 Å². The van der Waals surface area contributed by atoms with Crippen molar-refractivity contribution in [1.29, 1.82) is 0 Å². The molecule has 6 heteroatoms. The topological polar surface area (TPSA) is 83.6 Å². The summed E-state index contributed by atoms with van der Waals surface area (Å²) >= 11 is 0. The molecule has 1 unspecified atom stereocenters. The van der Waals surface area contributed by atoms with E-state index in [1.807, 2.05) is 24.3 Å². The predicted octanol–water partition coefficient (Wildman–Crippen LogP) is 4.48. The van der Waals surface area contributed by atoms with Gasteiger partial charge in [0.05, 0.1) is 17.8 Å². The lowest BCUT2D eigenvalue weighted by Gasteiger charge is -2.23. The number of hydrogen-bond acceptors (Lipinski definition) is 5. The lowest BCUT2D eigenvalue weighted by molar-refractivity contribution is -0.140. The molecule has 1 atom stereocenters. The van der Waals surface area contributed by atoms with E-state index < -0.39 is 17.7 Å². The Labute approximate surface area is 186 Å². The number of Topliss-reactive ketones (excluding diaryl/α,β-unsaturated/α-hetero) is 1. The summed E-state index contributed by atoms with van der Waals surface area (Å²) in [4.78, 5) is 31.9. The minimum atomic E-state index is -0.818. The maximum Gasteiger partial charge on any atom is 0.296 e. The van der Waals surface area contributed by atoms with Gasteiger partial charge in [0.2, 0.25) is 0 Å².